The Balaban J connectivity index is 2.70. The van der Waals surface area contributed by atoms with Crippen molar-refractivity contribution in [3.63, 3.8) is 0 Å². The summed E-state index contributed by atoms with van der Waals surface area (Å²) in [5.41, 5.74) is -0.756. The van der Waals surface area contributed by atoms with Gasteiger partial charge < -0.3 is 10.1 Å². The number of benzene rings is 1. The predicted molar refractivity (Wildman–Crippen MR) is 80.4 cm³/mol. The number of esters is 1. The molecule has 3 nitrogen and oxygen atoms in total. The van der Waals surface area contributed by atoms with E-state index in [1.807, 2.05) is 13.8 Å². The second-order valence-corrected chi connectivity index (χ2v) is 6.35. The van der Waals surface area contributed by atoms with E-state index >= 15 is 0 Å². The molecule has 1 rings (SSSR count). The van der Waals surface area contributed by atoms with E-state index in [0.29, 0.717) is 17.9 Å². The molecule has 112 valence electrons. The van der Waals surface area contributed by atoms with E-state index in [9.17, 15) is 9.18 Å². The minimum atomic E-state index is -0.756. The number of nitrogens with one attached hydrogen (secondary N) is 1. The normalized spacial score (nSPS) is 15.4. The van der Waals surface area contributed by atoms with Gasteiger partial charge in [-0.05, 0) is 39.4 Å². The number of hydrogen-bond acceptors (Lipinski definition) is 4. The molecule has 5 heteroatoms. The Hall–Kier alpha value is -1.07. The van der Waals surface area contributed by atoms with Crippen LogP contribution in [0.15, 0.2) is 29.2 Å². The van der Waals surface area contributed by atoms with E-state index in [2.05, 4.69) is 5.32 Å². The lowest BCUT2D eigenvalue weighted by Crippen LogP contribution is -2.50. The number of likely N-dealkylation sites (N-methyl/N-ethyl adjacent to an activating group) is 1. The Kier molecular flexibility index (Phi) is 6.49. The van der Waals surface area contributed by atoms with Gasteiger partial charge in [-0.1, -0.05) is 19.1 Å². The van der Waals surface area contributed by atoms with E-state index in [4.69, 9.17) is 4.74 Å². The quantitative estimate of drug-likeness (QED) is 0.619. The third-order valence-corrected chi connectivity index (χ3v) is 4.29. The van der Waals surface area contributed by atoms with Gasteiger partial charge in [-0.15, -0.1) is 11.8 Å². The van der Waals surface area contributed by atoms with E-state index < -0.39 is 5.54 Å². The summed E-state index contributed by atoms with van der Waals surface area (Å²) < 4.78 is 18.7. The van der Waals surface area contributed by atoms with Crippen molar-refractivity contribution in [3.8, 4) is 0 Å². The number of thioether (sulfide) groups is 1. The van der Waals surface area contributed by atoms with Gasteiger partial charge in [0.05, 0.1) is 6.61 Å². The van der Waals surface area contributed by atoms with Crippen LogP contribution in [0.4, 0.5) is 4.39 Å². The standard InChI is InChI=1S/C15H22FNO2S/c1-5-19-14(18)15(3,17-4)10-11(2)20-13-9-7-6-8-12(13)16/h6-9,11,17H,5,10H2,1-4H3. The van der Waals surface area contributed by atoms with E-state index in [0.717, 1.165) is 0 Å². The van der Waals surface area contributed by atoms with Gasteiger partial charge >= 0.3 is 5.97 Å². The van der Waals surface area contributed by atoms with Gasteiger partial charge in [0.25, 0.3) is 0 Å². The molecule has 2 unspecified atom stereocenters. The molecule has 0 bridgehead atoms. The van der Waals surface area contributed by atoms with Crippen molar-refractivity contribution in [1.82, 2.24) is 5.32 Å². The Morgan fingerprint density at radius 2 is 2.15 bits per heavy atom. The van der Waals surface area contributed by atoms with Crippen LogP contribution in [0.25, 0.3) is 0 Å². The van der Waals surface area contributed by atoms with Crippen LogP contribution in [0.1, 0.15) is 27.2 Å². The van der Waals surface area contributed by atoms with Crippen LogP contribution in [0.3, 0.4) is 0 Å². The van der Waals surface area contributed by atoms with Gasteiger partial charge in [-0.2, -0.15) is 0 Å². The molecular weight excluding hydrogens is 277 g/mol. The summed E-state index contributed by atoms with van der Waals surface area (Å²) in [5.74, 6) is -0.505. The van der Waals surface area contributed by atoms with Gasteiger partial charge in [-0.25, -0.2) is 4.39 Å². The maximum absolute atomic E-state index is 13.6. The Morgan fingerprint density at radius 3 is 2.70 bits per heavy atom. The van der Waals surface area contributed by atoms with Crippen LogP contribution in [0, 0.1) is 5.82 Å². The highest BCUT2D eigenvalue weighted by Crippen LogP contribution is 2.30. The van der Waals surface area contributed by atoms with Gasteiger partial charge in [0.2, 0.25) is 0 Å². The lowest BCUT2D eigenvalue weighted by Gasteiger charge is -2.29. The van der Waals surface area contributed by atoms with Crippen LogP contribution >= 0.6 is 11.8 Å². The number of halogens is 1. The molecule has 0 aromatic heterocycles. The highest BCUT2D eigenvalue weighted by atomic mass is 32.2. The van der Waals surface area contributed by atoms with Crippen molar-refractivity contribution in [1.29, 1.82) is 0 Å². The van der Waals surface area contributed by atoms with E-state index in [1.165, 1.54) is 17.8 Å². The van der Waals surface area contributed by atoms with Crippen molar-refractivity contribution < 1.29 is 13.9 Å². The molecule has 0 spiro atoms. The molecule has 2 atom stereocenters. The topological polar surface area (TPSA) is 38.3 Å². The molecule has 0 fully saturated rings. The Bertz CT molecular complexity index is 455. The van der Waals surface area contributed by atoms with Gasteiger partial charge in [-0.3, -0.25) is 4.79 Å². The molecule has 0 aliphatic carbocycles. The van der Waals surface area contributed by atoms with Crippen LogP contribution < -0.4 is 5.32 Å². The summed E-state index contributed by atoms with van der Waals surface area (Å²) in [6.45, 7) is 5.92. The lowest BCUT2D eigenvalue weighted by atomic mass is 9.96. The average molecular weight is 299 g/mol. The smallest absolute Gasteiger partial charge is 0.326 e. The monoisotopic (exact) mass is 299 g/mol. The largest absolute Gasteiger partial charge is 0.465 e. The zero-order valence-electron chi connectivity index (χ0n) is 12.4. The van der Waals surface area contributed by atoms with Crippen molar-refractivity contribution in [2.24, 2.45) is 0 Å². The molecule has 20 heavy (non-hydrogen) atoms. The zero-order valence-corrected chi connectivity index (χ0v) is 13.2. The van der Waals surface area contributed by atoms with Crippen molar-refractivity contribution in [3.05, 3.63) is 30.1 Å². The van der Waals surface area contributed by atoms with Gasteiger partial charge in [0, 0.05) is 10.1 Å². The number of ether oxygens (including phenoxy) is 1. The molecule has 0 saturated heterocycles. The maximum Gasteiger partial charge on any atom is 0.326 e. The number of rotatable bonds is 7. The number of hydrogen-bond donors (Lipinski definition) is 1. The summed E-state index contributed by atoms with van der Waals surface area (Å²) >= 11 is 1.43. The fourth-order valence-electron chi connectivity index (χ4n) is 1.95. The summed E-state index contributed by atoms with van der Waals surface area (Å²) in [4.78, 5) is 12.6. The van der Waals surface area contributed by atoms with Crippen LogP contribution in [0.2, 0.25) is 0 Å². The number of carbonyl (C=O) groups is 1. The second-order valence-electron chi connectivity index (χ2n) is 4.87. The molecule has 0 aliphatic rings. The molecule has 1 aromatic rings. The van der Waals surface area contributed by atoms with Crippen LogP contribution in [0.5, 0.6) is 0 Å². The molecule has 1 N–H and O–H groups in total. The zero-order chi connectivity index (χ0) is 15.2. The maximum atomic E-state index is 13.6. The summed E-state index contributed by atoms with van der Waals surface area (Å²) in [7, 11) is 1.73. The second kappa shape index (κ2) is 7.64. The molecular formula is C15H22FNO2S. The van der Waals surface area contributed by atoms with Gasteiger partial charge in [0.1, 0.15) is 11.4 Å². The summed E-state index contributed by atoms with van der Waals surface area (Å²) in [6, 6.07) is 6.66. The fraction of sp³-hybridized carbons (Fsp3) is 0.533. The molecule has 0 aliphatic heterocycles. The average Bonchev–Trinajstić information content (AvgIpc) is 2.41. The highest BCUT2D eigenvalue weighted by Gasteiger charge is 2.34. The van der Waals surface area contributed by atoms with Crippen molar-refractivity contribution in [2.45, 2.75) is 42.9 Å². The Labute approximate surface area is 124 Å². The first-order valence-corrected chi connectivity index (χ1v) is 7.58. The number of carbonyl (C=O) groups excluding carboxylic acids is 1. The Morgan fingerprint density at radius 1 is 1.50 bits per heavy atom. The highest BCUT2D eigenvalue weighted by molar-refractivity contribution is 8.00. The van der Waals surface area contributed by atoms with E-state index in [1.54, 1.807) is 32.2 Å². The summed E-state index contributed by atoms with van der Waals surface area (Å²) in [6.07, 6.45) is 0.557. The molecule has 0 amide bonds. The lowest BCUT2D eigenvalue weighted by molar-refractivity contribution is -0.150. The van der Waals surface area contributed by atoms with E-state index in [-0.39, 0.29) is 17.0 Å². The fourth-order valence-corrected chi connectivity index (χ4v) is 3.14. The van der Waals surface area contributed by atoms with Gasteiger partial charge in [0.15, 0.2) is 0 Å². The molecule has 0 saturated carbocycles. The third kappa shape index (κ3) is 4.49. The minimum absolute atomic E-state index is 0.0776. The third-order valence-electron chi connectivity index (χ3n) is 3.14. The molecule has 0 heterocycles. The van der Waals surface area contributed by atoms with Crippen molar-refractivity contribution in [2.75, 3.05) is 13.7 Å². The molecule has 1 aromatic carbocycles. The van der Waals surface area contributed by atoms with Crippen LogP contribution in [-0.4, -0.2) is 30.4 Å². The SMILES string of the molecule is CCOC(=O)C(C)(CC(C)Sc1ccccc1F)NC. The first-order chi connectivity index (χ1) is 9.42. The molecule has 0 radical (unpaired) electrons. The first-order valence-electron chi connectivity index (χ1n) is 6.70. The van der Waals surface area contributed by atoms with Crippen LogP contribution in [-0.2, 0) is 9.53 Å². The van der Waals surface area contributed by atoms with Crippen molar-refractivity contribution >= 4 is 17.7 Å². The predicted octanol–water partition coefficient (Wildman–Crippen LogP) is 3.24. The minimum Gasteiger partial charge on any atom is -0.465 e. The summed E-state index contributed by atoms with van der Waals surface area (Å²) in [5, 5.41) is 3.09. The first kappa shape index (κ1) is 17.0.